The maximum absolute atomic E-state index is 12.2. The van der Waals surface area contributed by atoms with Gasteiger partial charge in [-0.05, 0) is 75.6 Å². The van der Waals surface area contributed by atoms with Gasteiger partial charge in [-0.3, -0.25) is 18.7 Å². The highest BCUT2D eigenvalue weighted by Crippen LogP contribution is 2.41. The molecule has 13 heteroatoms. The van der Waals surface area contributed by atoms with Crippen molar-refractivity contribution in [3.05, 3.63) is 71.8 Å². The van der Waals surface area contributed by atoms with E-state index in [1.54, 1.807) is 0 Å². The predicted molar refractivity (Wildman–Crippen MR) is 174 cm³/mol. The maximum atomic E-state index is 12.2. The minimum absolute atomic E-state index is 0.207. The number of hydrogen-bond donors (Lipinski definition) is 4. The molecule has 0 aromatic heterocycles. The summed E-state index contributed by atoms with van der Waals surface area (Å²) in [6, 6.07) is 21.4. The van der Waals surface area contributed by atoms with E-state index in [1.807, 2.05) is 60.7 Å². The molecule has 0 radical (unpaired) electrons. The Hall–Kier alpha value is -2.91. The van der Waals surface area contributed by atoms with Crippen LogP contribution in [0.5, 0.6) is 0 Å². The molecule has 4 bridgehead atoms. The number of hydrogen-bond acceptors (Lipinski definition) is 10. The van der Waals surface area contributed by atoms with Crippen LogP contribution in [0.15, 0.2) is 60.7 Å². The van der Waals surface area contributed by atoms with E-state index >= 15 is 0 Å². The van der Waals surface area contributed by atoms with Crippen molar-refractivity contribution in [2.45, 2.75) is 74.5 Å². The highest BCUT2D eigenvalue weighted by atomic mass is 32.3. The Bertz CT molecular complexity index is 1270. The monoisotopic (exact) mass is 676 g/mol. The minimum atomic E-state index is -4.67. The van der Waals surface area contributed by atoms with Gasteiger partial charge in [-0.1, -0.05) is 60.7 Å². The smallest absolute Gasteiger partial charge is 0.394 e. The second-order valence-corrected chi connectivity index (χ2v) is 14.0. The van der Waals surface area contributed by atoms with E-state index in [1.165, 1.54) is 12.8 Å². The number of aliphatic hydroxyl groups is 2. The summed E-state index contributed by atoms with van der Waals surface area (Å²) in [4.78, 5) is 29.2. The Labute approximate surface area is 277 Å². The van der Waals surface area contributed by atoms with Crippen LogP contribution in [0, 0.1) is 11.8 Å². The molecule has 6 atom stereocenters. The summed E-state index contributed by atoms with van der Waals surface area (Å²) >= 11 is 0. The van der Waals surface area contributed by atoms with Crippen molar-refractivity contribution in [3.8, 4) is 0 Å². The van der Waals surface area contributed by atoms with E-state index in [0.29, 0.717) is 49.2 Å². The molecule has 2 saturated carbocycles. The van der Waals surface area contributed by atoms with Crippen LogP contribution >= 0.6 is 0 Å². The fourth-order valence-electron chi connectivity index (χ4n) is 7.27. The van der Waals surface area contributed by atoms with Gasteiger partial charge in [0.2, 0.25) is 0 Å². The van der Waals surface area contributed by atoms with Gasteiger partial charge in [-0.2, -0.15) is 8.42 Å². The van der Waals surface area contributed by atoms with Crippen molar-refractivity contribution in [1.29, 1.82) is 0 Å². The first-order valence-corrected chi connectivity index (χ1v) is 17.6. The Balaban J connectivity index is 0.000000186. The molecule has 4 N–H and O–H groups in total. The largest absolute Gasteiger partial charge is 0.465 e. The van der Waals surface area contributed by atoms with Gasteiger partial charge in [0.25, 0.3) is 0 Å². The Morgan fingerprint density at radius 3 is 1.21 bits per heavy atom. The molecule has 4 saturated heterocycles. The number of nitrogens with zero attached hydrogens (tertiary/aromatic N) is 2. The molecule has 4 aliphatic heterocycles. The molecule has 2 aromatic carbocycles. The molecule has 12 nitrogen and oxygen atoms in total. The summed E-state index contributed by atoms with van der Waals surface area (Å²) in [5, 5.41) is 18.9. The van der Waals surface area contributed by atoms with Gasteiger partial charge in [0.05, 0.1) is 26.4 Å². The van der Waals surface area contributed by atoms with Crippen LogP contribution in [0.4, 0.5) is 0 Å². The lowest BCUT2D eigenvalue weighted by Gasteiger charge is -2.53. The average Bonchev–Trinajstić information content (AvgIpc) is 3.07. The third-order valence-electron chi connectivity index (χ3n) is 10.1. The fraction of sp³-hybridized carbons (Fsp3) is 0.588. The zero-order valence-corrected chi connectivity index (χ0v) is 27.8. The number of fused-ring (bicyclic) bond motifs is 4. The number of rotatable bonds is 10. The van der Waals surface area contributed by atoms with Gasteiger partial charge < -0.3 is 29.5 Å². The number of esters is 2. The Morgan fingerprint density at radius 2 is 0.957 bits per heavy atom. The quantitative estimate of drug-likeness (QED) is 0.214. The third kappa shape index (κ3) is 10.5. The van der Waals surface area contributed by atoms with Gasteiger partial charge in [0.15, 0.2) is 0 Å². The average molecular weight is 677 g/mol. The summed E-state index contributed by atoms with van der Waals surface area (Å²) in [5.41, 5.74) is 1.63. The van der Waals surface area contributed by atoms with Gasteiger partial charge in [0.1, 0.15) is 11.8 Å². The molecule has 0 spiro atoms. The van der Waals surface area contributed by atoms with Crippen LogP contribution in [0.25, 0.3) is 0 Å². The lowest BCUT2D eigenvalue weighted by molar-refractivity contribution is -0.151. The summed E-state index contributed by atoms with van der Waals surface area (Å²) in [5.74, 6) is -0.792. The van der Waals surface area contributed by atoms with Crippen LogP contribution < -0.4 is 0 Å². The molecule has 4 heterocycles. The van der Waals surface area contributed by atoms with Gasteiger partial charge >= 0.3 is 22.3 Å². The molecule has 8 rings (SSSR count). The first-order valence-electron chi connectivity index (χ1n) is 16.2. The second-order valence-electron chi connectivity index (χ2n) is 13.1. The van der Waals surface area contributed by atoms with Gasteiger partial charge in [-0.25, -0.2) is 0 Å². The third-order valence-corrected chi connectivity index (χ3v) is 10.1. The highest BCUT2D eigenvalue weighted by molar-refractivity contribution is 7.79. The summed E-state index contributed by atoms with van der Waals surface area (Å²) < 4.78 is 42.5. The first-order chi connectivity index (χ1) is 22.4. The maximum Gasteiger partial charge on any atom is 0.394 e. The van der Waals surface area contributed by atoms with E-state index in [2.05, 4.69) is 23.9 Å². The molecule has 6 fully saturated rings. The van der Waals surface area contributed by atoms with Crippen molar-refractivity contribution < 1.29 is 46.8 Å². The molecule has 6 unspecified atom stereocenters. The van der Waals surface area contributed by atoms with Crippen LogP contribution in [0.1, 0.15) is 61.5 Å². The zero-order chi connectivity index (χ0) is 34.1. The zero-order valence-electron chi connectivity index (χ0n) is 27.0. The molecule has 2 aliphatic carbocycles. The van der Waals surface area contributed by atoms with Crippen molar-refractivity contribution in [2.24, 2.45) is 11.8 Å². The van der Waals surface area contributed by atoms with E-state index in [-0.39, 0.29) is 25.2 Å². The molecule has 2 aromatic rings. The minimum Gasteiger partial charge on any atom is -0.465 e. The number of piperidine rings is 2. The van der Waals surface area contributed by atoms with E-state index in [9.17, 15) is 19.8 Å². The van der Waals surface area contributed by atoms with Gasteiger partial charge in [-0.15, -0.1) is 0 Å². The Morgan fingerprint density at radius 1 is 0.660 bits per heavy atom. The normalized spacial score (nSPS) is 27.6. The van der Waals surface area contributed by atoms with Crippen LogP contribution in [-0.4, -0.2) is 114 Å². The first kappa shape index (κ1) is 36.9. The fourth-order valence-corrected chi connectivity index (χ4v) is 7.27. The second kappa shape index (κ2) is 17.0. The van der Waals surface area contributed by atoms with Crippen LogP contribution in [0.2, 0.25) is 0 Å². The molecular formula is C34H48N2O10S. The van der Waals surface area contributed by atoms with Gasteiger partial charge in [0, 0.05) is 24.2 Å². The van der Waals surface area contributed by atoms with Crippen molar-refractivity contribution in [1.82, 2.24) is 9.80 Å². The number of aliphatic hydroxyl groups excluding tert-OH is 2. The molecule has 0 amide bonds. The van der Waals surface area contributed by atoms with Crippen LogP contribution in [-0.2, 0) is 29.5 Å². The molecule has 260 valence electrons. The lowest BCUT2D eigenvalue weighted by Crippen LogP contribution is -2.59. The molecule has 47 heavy (non-hydrogen) atoms. The standard InChI is InChI=1S/2C17H23NO3.H2O4S/c2*1-18-14-7-12(8-15(18)9-14)11-21-17(20)16(10-19)13-5-3-2-4-6-13;1-5(2,3)4/h2*2-6,12,14-16,19H,7-11H2,1H3;(H2,1,2,3,4). The number of carbonyl (C=O) groups is 2. The predicted octanol–water partition coefficient (Wildman–Crippen LogP) is 2.92. The summed E-state index contributed by atoms with van der Waals surface area (Å²) in [6.07, 6.45) is 7.07. The number of carbonyl (C=O) groups excluding carboxylic acids is 2. The summed E-state index contributed by atoms with van der Waals surface area (Å²) in [7, 11) is -0.309. The summed E-state index contributed by atoms with van der Waals surface area (Å²) in [6.45, 7) is 0.565. The van der Waals surface area contributed by atoms with Crippen molar-refractivity contribution >= 4 is 22.3 Å². The van der Waals surface area contributed by atoms with E-state index in [0.717, 1.165) is 36.8 Å². The number of benzene rings is 2. The lowest BCUT2D eigenvalue weighted by atomic mass is 9.74. The molecule has 6 aliphatic rings. The van der Waals surface area contributed by atoms with E-state index < -0.39 is 22.2 Å². The highest BCUT2D eigenvalue weighted by Gasteiger charge is 2.44. The topological polar surface area (TPSA) is 174 Å². The van der Waals surface area contributed by atoms with Crippen molar-refractivity contribution in [3.63, 3.8) is 0 Å². The molecular weight excluding hydrogens is 628 g/mol. The number of ether oxygens (including phenoxy) is 2. The van der Waals surface area contributed by atoms with Crippen molar-refractivity contribution in [2.75, 3.05) is 40.5 Å². The van der Waals surface area contributed by atoms with E-state index in [4.69, 9.17) is 27.0 Å². The van der Waals surface area contributed by atoms with Crippen LogP contribution in [0.3, 0.4) is 0 Å². The SMILES string of the molecule is CN1C2CC(COC(=O)C(CO)c3ccccc3)CC1C2.CN1C2CC(COC(=O)C(CO)c3ccccc3)CC1C2.O=S(=O)(O)O. The Kier molecular flexibility index (Phi) is 13.3.